The molecule has 6 nitrogen and oxygen atoms in total. The first-order valence-corrected chi connectivity index (χ1v) is 9.96. The Morgan fingerprint density at radius 3 is 2.52 bits per heavy atom. The van der Waals surface area contributed by atoms with Crippen LogP contribution in [0.4, 0.5) is 0 Å². The summed E-state index contributed by atoms with van der Waals surface area (Å²) in [4.78, 5) is 14.6. The lowest BCUT2D eigenvalue weighted by atomic mass is 9.95. The molecule has 6 heteroatoms. The van der Waals surface area contributed by atoms with Crippen LogP contribution in [0.15, 0.2) is 42.5 Å². The van der Waals surface area contributed by atoms with Gasteiger partial charge in [-0.2, -0.15) is 0 Å². The second-order valence-corrected chi connectivity index (χ2v) is 7.77. The summed E-state index contributed by atoms with van der Waals surface area (Å²) >= 11 is 0. The molecule has 1 aliphatic rings. The number of rotatable bonds is 5. The fourth-order valence-corrected chi connectivity index (χ4v) is 3.81. The number of aryl methyl sites for hydroxylation is 1. The van der Waals surface area contributed by atoms with E-state index in [-0.39, 0.29) is 17.7 Å². The molecule has 1 aliphatic heterocycles. The fraction of sp³-hybridized carbons (Fsp3) is 0.348. The zero-order valence-corrected chi connectivity index (χ0v) is 17.1. The highest BCUT2D eigenvalue weighted by molar-refractivity contribution is 5.96. The molecule has 0 aliphatic carbocycles. The van der Waals surface area contributed by atoms with Crippen molar-refractivity contribution in [2.24, 2.45) is 11.7 Å². The normalized spacial score (nSPS) is 14.5. The fourth-order valence-electron chi connectivity index (χ4n) is 3.81. The number of carbonyl (C=O) groups excluding carboxylic acids is 1. The Hall–Kier alpha value is -3.15. The molecule has 0 atom stereocenters. The number of nitrogens with one attached hydrogen (secondary N) is 3. The first-order valence-electron chi connectivity index (χ1n) is 9.96. The largest absolute Gasteiger partial charge is 0.384 e. The third-order valence-electron chi connectivity index (χ3n) is 5.45. The maximum atomic E-state index is 12.6. The van der Waals surface area contributed by atoms with E-state index in [1.54, 1.807) is 6.92 Å². The van der Waals surface area contributed by atoms with Crippen molar-refractivity contribution in [1.82, 2.24) is 10.2 Å². The van der Waals surface area contributed by atoms with Crippen molar-refractivity contribution in [2.75, 3.05) is 13.1 Å². The number of likely N-dealkylation sites (tertiary alicyclic amines) is 1. The zero-order valence-electron chi connectivity index (χ0n) is 17.1. The monoisotopic (exact) mass is 391 g/mol. The molecule has 5 N–H and O–H groups in total. The number of nitrogens with two attached hydrogens (primary N) is 1. The van der Waals surface area contributed by atoms with E-state index in [0.29, 0.717) is 17.9 Å². The highest BCUT2D eigenvalue weighted by atomic mass is 16.1. The predicted molar refractivity (Wildman–Crippen MR) is 117 cm³/mol. The Balaban J connectivity index is 1.66. The lowest BCUT2D eigenvalue weighted by Gasteiger charge is -2.32. The topological polar surface area (TPSA) is 106 Å². The summed E-state index contributed by atoms with van der Waals surface area (Å²) in [7, 11) is 0. The van der Waals surface area contributed by atoms with Gasteiger partial charge in [0.05, 0.1) is 5.84 Å². The average molecular weight is 392 g/mol. The summed E-state index contributed by atoms with van der Waals surface area (Å²) in [5, 5.41) is 18.4. The highest BCUT2D eigenvalue weighted by Crippen LogP contribution is 2.24. The van der Waals surface area contributed by atoms with E-state index in [1.807, 2.05) is 36.1 Å². The number of hydrogen-bond donors (Lipinski definition) is 4. The Bertz CT molecular complexity index is 929. The molecule has 0 saturated carbocycles. The number of nitrogens with zero attached hydrogens (tertiary/aromatic N) is 1. The molecule has 1 fully saturated rings. The summed E-state index contributed by atoms with van der Waals surface area (Å²) in [5.41, 5.74) is 10.5. The second kappa shape index (κ2) is 8.90. The van der Waals surface area contributed by atoms with Crippen molar-refractivity contribution in [2.45, 2.75) is 33.2 Å². The van der Waals surface area contributed by atoms with Gasteiger partial charge < -0.3 is 16.0 Å². The number of amidine groups is 2. The van der Waals surface area contributed by atoms with Crippen LogP contribution in [0.5, 0.6) is 0 Å². The van der Waals surface area contributed by atoms with E-state index in [0.717, 1.165) is 48.2 Å². The smallest absolute Gasteiger partial charge is 0.223 e. The van der Waals surface area contributed by atoms with Gasteiger partial charge in [0.2, 0.25) is 5.91 Å². The molecule has 2 aromatic carbocycles. The zero-order chi connectivity index (χ0) is 21.0. The molecule has 0 unspecified atom stereocenters. The van der Waals surface area contributed by atoms with Crippen LogP contribution >= 0.6 is 0 Å². The minimum atomic E-state index is 0.0159. The number of piperidine rings is 1. The highest BCUT2D eigenvalue weighted by Gasteiger charge is 2.24. The molecule has 0 bridgehead atoms. The Morgan fingerprint density at radius 1 is 1.14 bits per heavy atom. The minimum absolute atomic E-state index is 0.0159. The lowest BCUT2D eigenvalue weighted by molar-refractivity contribution is -0.126. The van der Waals surface area contributed by atoms with E-state index < -0.39 is 0 Å². The molecule has 2 aromatic rings. The SMILES string of the molecule is CC(=N)N1CCC(C(=O)NCc2cc(C)cc(-c3cccc(C(=N)N)c3)c2)CC1. The average Bonchev–Trinajstić information content (AvgIpc) is 2.71. The minimum Gasteiger partial charge on any atom is -0.384 e. The first-order chi connectivity index (χ1) is 13.8. The molecule has 3 rings (SSSR count). The van der Waals surface area contributed by atoms with Gasteiger partial charge in [0, 0.05) is 31.1 Å². The number of hydrogen-bond acceptors (Lipinski definition) is 3. The summed E-state index contributed by atoms with van der Waals surface area (Å²) in [6.07, 6.45) is 1.58. The van der Waals surface area contributed by atoms with Crippen molar-refractivity contribution in [3.63, 3.8) is 0 Å². The van der Waals surface area contributed by atoms with Crippen molar-refractivity contribution >= 4 is 17.6 Å². The van der Waals surface area contributed by atoms with Crippen molar-refractivity contribution < 1.29 is 4.79 Å². The molecular weight excluding hydrogens is 362 g/mol. The van der Waals surface area contributed by atoms with Gasteiger partial charge in [-0.25, -0.2) is 0 Å². The Morgan fingerprint density at radius 2 is 1.86 bits per heavy atom. The maximum Gasteiger partial charge on any atom is 0.223 e. The van der Waals surface area contributed by atoms with Crippen molar-refractivity contribution in [3.8, 4) is 11.1 Å². The third kappa shape index (κ3) is 5.22. The maximum absolute atomic E-state index is 12.6. The van der Waals surface area contributed by atoms with Crippen LogP contribution in [-0.2, 0) is 11.3 Å². The number of benzene rings is 2. The van der Waals surface area contributed by atoms with E-state index >= 15 is 0 Å². The van der Waals surface area contributed by atoms with Gasteiger partial charge in [-0.3, -0.25) is 15.6 Å². The Labute approximate surface area is 172 Å². The summed E-state index contributed by atoms with van der Waals surface area (Å²) < 4.78 is 0. The van der Waals surface area contributed by atoms with Crippen LogP contribution in [0, 0.1) is 23.7 Å². The molecule has 29 heavy (non-hydrogen) atoms. The molecular formula is C23H29N5O. The van der Waals surface area contributed by atoms with Crippen LogP contribution in [0.2, 0.25) is 0 Å². The van der Waals surface area contributed by atoms with E-state index in [4.69, 9.17) is 16.6 Å². The summed E-state index contributed by atoms with van der Waals surface area (Å²) in [6, 6.07) is 13.9. The van der Waals surface area contributed by atoms with Gasteiger partial charge in [-0.05, 0) is 55.5 Å². The van der Waals surface area contributed by atoms with E-state index in [2.05, 4.69) is 23.5 Å². The summed E-state index contributed by atoms with van der Waals surface area (Å²) in [6.45, 7) is 5.87. The number of amides is 1. The molecule has 1 amide bonds. The standard InChI is InChI=1S/C23H29N5O/c1-15-10-17(12-21(11-15)19-4-3-5-20(13-19)22(25)26)14-27-23(29)18-6-8-28(9-7-18)16(2)24/h3-5,10-13,18,24H,6-9,14H2,1-2H3,(H3,25,26)(H,27,29). The molecule has 0 radical (unpaired) electrons. The predicted octanol–water partition coefficient (Wildman–Crippen LogP) is 3.27. The van der Waals surface area contributed by atoms with Gasteiger partial charge in [-0.1, -0.05) is 35.9 Å². The molecule has 0 spiro atoms. The lowest BCUT2D eigenvalue weighted by Crippen LogP contribution is -2.41. The van der Waals surface area contributed by atoms with Crippen molar-refractivity contribution in [3.05, 3.63) is 59.2 Å². The van der Waals surface area contributed by atoms with Crippen LogP contribution in [0.25, 0.3) is 11.1 Å². The number of carbonyl (C=O) groups is 1. The second-order valence-electron chi connectivity index (χ2n) is 7.77. The third-order valence-corrected chi connectivity index (χ3v) is 5.45. The van der Waals surface area contributed by atoms with Gasteiger partial charge >= 0.3 is 0 Å². The first kappa shape index (κ1) is 20.6. The molecule has 152 valence electrons. The number of nitrogen functional groups attached to an aromatic ring is 1. The summed E-state index contributed by atoms with van der Waals surface area (Å²) in [5.74, 6) is 0.734. The molecule has 1 saturated heterocycles. The van der Waals surface area contributed by atoms with Gasteiger partial charge in [0.1, 0.15) is 5.84 Å². The van der Waals surface area contributed by atoms with Crippen LogP contribution in [-0.4, -0.2) is 35.6 Å². The van der Waals surface area contributed by atoms with E-state index in [9.17, 15) is 4.79 Å². The van der Waals surface area contributed by atoms with Crippen LogP contribution < -0.4 is 11.1 Å². The quantitative estimate of drug-likeness (QED) is 0.464. The van der Waals surface area contributed by atoms with Crippen molar-refractivity contribution in [1.29, 1.82) is 10.8 Å². The molecule has 1 heterocycles. The van der Waals surface area contributed by atoms with Gasteiger partial charge in [0.25, 0.3) is 0 Å². The Kier molecular flexibility index (Phi) is 6.32. The van der Waals surface area contributed by atoms with Gasteiger partial charge in [-0.15, -0.1) is 0 Å². The molecule has 0 aromatic heterocycles. The van der Waals surface area contributed by atoms with Crippen LogP contribution in [0.3, 0.4) is 0 Å². The van der Waals surface area contributed by atoms with Crippen LogP contribution in [0.1, 0.15) is 36.5 Å². The van der Waals surface area contributed by atoms with Gasteiger partial charge in [0.15, 0.2) is 0 Å². The van der Waals surface area contributed by atoms with E-state index in [1.165, 1.54) is 0 Å².